The third kappa shape index (κ3) is 1.06. The second kappa shape index (κ2) is 3.10. The molecule has 0 bridgehead atoms. The average Bonchev–Trinajstić information content (AvgIpc) is 2.66. The van der Waals surface area contributed by atoms with Gasteiger partial charge in [-0.3, -0.25) is 4.79 Å². The molecule has 1 N–H and O–H groups in total. The van der Waals surface area contributed by atoms with E-state index in [1.165, 1.54) is 7.11 Å². The zero-order valence-electron chi connectivity index (χ0n) is 7.87. The first-order valence-electron chi connectivity index (χ1n) is 4.11. The SMILES string of the molecule is COc1cc(C)c2n[nH]nc2c1C=O. The van der Waals surface area contributed by atoms with Crippen LogP contribution in [0.1, 0.15) is 15.9 Å². The van der Waals surface area contributed by atoms with E-state index in [2.05, 4.69) is 15.4 Å². The molecule has 0 aliphatic heterocycles. The highest BCUT2D eigenvalue weighted by atomic mass is 16.5. The van der Waals surface area contributed by atoms with Gasteiger partial charge in [0.25, 0.3) is 0 Å². The number of hydrogen-bond donors (Lipinski definition) is 1. The van der Waals surface area contributed by atoms with Crippen molar-refractivity contribution < 1.29 is 9.53 Å². The summed E-state index contributed by atoms with van der Waals surface area (Å²) < 4.78 is 5.08. The van der Waals surface area contributed by atoms with Crippen LogP contribution >= 0.6 is 0 Å². The molecule has 0 unspecified atom stereocenters. The minimum atomic E-state index is 0.432. The van der Waals surface area contributed by atoms with E-state index in [9.17, 15) is 4.79 Å². The number of carbonyl (C=O) groups excluding carboxylic acids is 1. The number of H-pyrrole nitrogens is 1. The lowest BCUT2D eigenvalue weighted by Crippen LogP contribution is -1.93. The molecular formula is C9H9N3O2. The molecule has 1 aromatic carbocycles. The van der Waals surface area contributed by atoms with Crippen LogP contribution in [0.5, 0.6) is 5.75 Å². The highest BCUT2D eigenvalue weighted by Gasteiger charge is 2.13. The lowest BCUT2D eigenvalue weighted by atomic mass is 10.1. The largest absolute Gasteiger partial charge is 0.496 e. The van der Waals surface area contributed by atoms with Gasteiger partial charge in [-0.2, -0.15) is 15.4 Å². The predicted molar refractivity (Wildman–Crippen MR) is 50.6 cm³/mol. The van der Waals surface area contributed by atoms with E-state index in [-0.39, 0.29) is 0 Å². The first kappa shape index (κ1) is 8.68. The van der Waals surface area contributed by atoms with Gasteiger partial charge >= 0.3 is 0 Å². The summed E-state index contributed by atoms with van der Waals surface area (Å²) in [6.45, 7) is 1.89. The van der Waals surface area contributed by atoms with Crippen molar-refractivity contribution in [2.45, 2.75) is 6.92 Å². The molecule has 0 atom stereocenters. The molecule has 2 aromatic rings. The fourth-order valence-electron chi connectivity index (χ4n) is 1.44. The summed E-state index contributed by atoms with van der Waals surface area (Å²) in [5.74, 6) is 0.527. The Morgan fingerprint density at radius 2 is 2.14 bits per heavy atom. The fraction of sp³-hybridized carbons (Fsp3) is 0.222. The Bertz CT molecular complexity index is 490. The van der Waals surface area contributed by atoms with Crippen molar-refractivity contribution in [1.82, 2.24) is 15.4 Å². The lowest BCUT2D eigenvalue weighted by Gasteiger charge is -2.04. The van der Waals surface area contributed by atoms with Gasteiger partial charge in [0, 0.05) is 0 Å². The number of aldehydes is 1. The number of methoxy groups -OCH3 is 1. The van der Waals surface area contributed by atoms with E-state index in [0.29, 0.717) is 22.3 Å². The molecule has 1 heterocycles. The standard InChI is InChI=1S/C9H9N3O2/c1-5-3-7(14-2)6(4-13)9-8(5)10-12-11-9/h3-4H,1-2H3,(H,10,11,12). The number of nitrogens with one attached hydrogen (secondary N) is 1. The number of aromatic amines is 1. The molecule has 0 aliphatic rings. The summed E-state index contributed by atoms with van der Waals surface area (Å²) in [7, 11) is 1.52. The minimum absolute atomic E-state index is 0.432. The Hall–Kier alpha value is -1.91. The monoisotopic (exact) mass is 191 g/mol. The summed E-state index contributed by atoms with van der Waals surface area (Å²) >= 11 is 0. The van der Waals surface area contributed by atoms with Crippen LogP contribution in [-0.2, 0) is 0 Å². The first-order valence-corrected chi connectivity index (χ1v) is 4.11. The molecule has 0 saturated carbocycles. The highest BCUT2D eigenvalue weighted by Crippen LogP contribution is 2.26. The van der Waals surface area contributed by atoms with E-state index >= 15 is 0 Å². The zero-order valence-corrected chi connectivity index (χ0v) is 7.87. The molecule has 2 rings (SSSR count). The molecular weight excluding hydrogens is 182 g/mol. The molecule has 5 heteroatoms. The van der Waals surface area contributed by atoms with Gasteiger partial charge < -0.3 is 4.74 Å². The van der Waals surface area contributed by atoms with Crippen molar-refractivity contribution in [1.29, 1.82) is 0 Å². The predicted octanol–water partition coefficient (Wildman–Crippen LogP) is 1.09. The van der Waals surface area contributed by atoms with Crippen LogP contribution in [0.25, 0.3) is 11.0 Å². The van der Waals surface area contributed by atoms with E-state index in [1.807, 2.05) is 6.92 Å². The van der Waals surface area contributed by atoms with E-state index < -0.39 is 0 Å². The van der Waals surface area contributed by atoms with Gasteiger partial charge in [0.15, 0.2) is 6.29 Å². The Morgan fingerprint density at radius 3 is 2.79 bits per heavy atom. The number of fused-ring (bicyclic) bond motifs is 1. The first-order chi connectivity index (χ1) is 6.77. The zero-order chi connectivity index (χ0) is 10.1. The van der Waals surface area contributed by atoms with Gasteiger partial charge in [0.1, 0.15) is 16.8 Å². The number of ether oxygens (including phenoxy) is 1. The highest BCUT2D eigenvalue weighted by molar-refractivity contribution is 5.98. The number of rotatable bonds is 2. The number of benzene rings is 1. The van der Waals surface area contributed by atoms with Gasteiger partial charge in [0.05, 0.1) is 12.7 Å². The summed E-state index contributed by atoms with van der Waals surface area (Å²) in [6.07, 6.45) is 0.725. The van der Waals surface area contributed by atoms with Crippen LogP contribution < -0.4 is 4.74 Å². The molecule has 0 amide bonds. The molecule has 14 heavy (non-hydrogen) atoms. The van der Waals surface area contributed by atoms with Gasteiger partial charge in [-0.05, 0) is 18.6 Å². The summed E-state index contributed by atoms with van der Waals surface area (Å²) in [5, 5.41) is 10.4. The molecule has 5 nitrogen and oxygen atoms in total. The molecule has 72 valence electrons. The molecule has 0 radical (unpaired) electrons. The van der Waals surface area contributed by atoms with Gasteiger partial charge in [-0.25, -0.2) is 0 Å². The quantitative estimate of drug-likeness (QED) is 0.721. The maximum atomic E-state index is 10.8. The van der Waals surface area contributed by atoms with Crippen molar-refractivity contribution in [3.63, 3.8) is 0 Å². The second-order valence-electron chi connectivity index (χ2n) is 2.95. The van der Waals surface area contributed by atoms with Crippen LogP contribution in [0.3, 0.4) is 0 Å². The Labute approximate surface area is 80.1 Å². The Morgan fingerprint density at radius 1 is 1.43 bits per heavy atom. The van der Waals surface area contributed by atoms with Crippen LogP contribution in [-0.4, -0.2) is 28.8 Å². The summed E-state index contributed by atoms with van der Waals surface area (Å²) in [4.78, 5) is 10.8. The van der Waals surface area contributed by atoms with Crippen molar-refractivity contribution in [2.24, 2.45) is 0 Å². The van der Waals surface area contributed by atoms with Crippen LogP contribution in [0.2, 0.25) is 0 Å². The number of aryl methyl sites for hydroxylation is 1. The van der Waals surface area contributed by atoms with E-state index in [4.69, 9.17) is 4.74 Å². The fourth-order valence-corrected chi connectivity index (χ4v) is 1.44. The van der Waals surface area contributed by atoms with E-state index in [1.54, 1.807) is 6.07 Å². The molecule has 0 spiro atoms. The van der Waals surface area contributed by atoms with Gasteiger partial charge in [0.2, 0.25) is 0 Å². The van der Waals surface area contributed by atoms with Crippen molar-refractivity contribution in [3.05, 3.63) is 17.2 Å². The Balaban J connectivity index is 2.88. The molecule has 0 aliphatic carbocycles. The third-order valence-electron chi connectivity index (χ3n) is 2.13. The maximum absolute atomic E-state index is 10.8. The summed E-state index contributed by atoms with van der Waals surface area (Å²) in [5.41, 5.74) is 2.61. The minimum Gasteiger partial charge on any atom is -0.496 e. The average molecular weight is 191 g/mol. The Kier molecular flexibility index (Phi) is 1.92. The molecule has 1 aromatic heterocycles. The molecule has 0 fully saturated rings. The number of aromatic nitrogens is 3. The normalized spacial score (nSPS) is 10.4. The summed E-state index contributed by atoms with van der Waals surface area (Å²) in [6, 6.07) is 1.77. The van der Waals surface area contributed by atoms with Crippen LogP contribution in [0.4, 0.5) is 0 Å². The van der Waals surface area contributed by atoms with Gasteiger partial charge in [-0.15, -0.1) is 0 Å². The van der Waals surface area contributed by atoms with Crippen LogP contribution in [0, 0.1) is 6.92 Å². The van der Waals surface area contributed by atoms with Crippen molar-refractivity contribution in [2.75, 3.05) is 7.11 Å². The maximum Gasteiger partial charge on any atom is 0.156 e. The van der Waals surface area contributed by atoms with Gasteiger partial charge in [-0.1, -0.05) is 0 Å². The van der Waals surface area contributed by atoms with Crippen molar-refractivity contribution in [3.8, 4) is 5.75 Å². The van der Waals surface area contributed by atoms with E-state index in [0.717, 1.165) is 11.8 Å². The molecule has 0 saturated heterocycles. The number of carbonyl (C=O) groups is 1. The smallest absolute Gasteiger partial charge is 0.156 e. The number of hydrogen-bond acceptors (Lipinski definition) is 4. The topological polar surface area (TPSA) is 67.9 Å². The second-order valence-corrected chi connectivity index (χ2v) is 2.95. The van der Waals surface area contributed by atoms with Crippen molar-refractivity contribution >= 4 is 17.3 Å². The third-order valence-corrected chi connectivity index (χ3v) is 2.13. The lowest BCUT2D eigenvalue weighted by molar-refractivity contribution is 0.112. The number of nitrogens with zero attached hydrogens (tertiary/aromatic N) is 2. The van der Waals surface area contributed by atoms with Crippen LogP contribution in [0.15, 0.2) is 6.07 Å².